The number of allylic oxidation sites excluding steroid dienone is 3. The van der Waals surface area contributed by atoms with Crippen LogP contribution in [0.2, 0.25) is 0 Å². The molecule has 0 amide bonds. The fourth-order valence-corrected chi connectivity index (χ4v) is 2.43. The molecule has 13 heavy (non-hydrogen) atoms. The summed E-state index contributed by atoms with van der Waals surface area (Å²) in [4.78, 5) is 0. The highest BCUT2D eigenvalue weighted by atomic mass is 79.9. The maximum absolute atomic E-state index is 11.3. The predicted octanol–water partition coefficient (Wildman–Crippen LogP) is 2.59. The topological polar surface area (TPSA) is 34.1 Å². The van der Waals surface area contributed by atoms with Crippen LogP contribution in [0.25, 0.3) is 0 Å². The second-order valence-electron chi connectivity index (χ2n) is 3.20. The third-order valence-electron chi connectivity index (χ3n) is 2.01. The summed E-state index contributed by atoms with van der Waals surface area (Å²) >= 11 is 9.29. The number of rotatable bonds is 1. The first kappa shape index (κ1) is 11.3. The Balaban J connectivity index is 3.12. The Morgan fingerprint density at radius 2 is 2.15 bits per heavy atom. The van der Waals surface area contributed by atoms with E-state index in [0.29, 0.717) is 6.42 Å². The van der Waals surface area contributed by atoms with Crippen LogP contribution in [0.1, 0.15) is 13.3 Å². The van der Waals surface area contributed by atoms with Crippen molar-refractivity contribution in [3.05, 3.63) is 22.2 Å². The molecular formula is C8H10BrClO2S. The van der Waals surface area contributed by atoms with Gasteiger partial charge in [0.25, 0.3) is 0 Å². The van der Waals surface area contributed by atoms with Gasteiger partial charge >= 0.3 is 0 Å². The maximum atomic E-state index is 11.3. The standard InChI is InChI=1S/C8H10BrClO2S/c1-6-5-8(10,13(2,11)12)4-3-7(6)9/h3-4H,5H2,1-2H3. The molecule has 1 atom stereocenters. The zero-order valence-electron chi connectivity index (χ0n) is 7.34. The van der Waals surface area contributed by atoms with Crippen molar-refractivity contribution >= 4 is 37.4 Å². The summed E-state index contributed by atoms with van der Waals surface area (Å²) in [5.74, 6) is 0. The molecule has 0 saturated heterocycles. The lowest BCUT2D eigenvalue weighted by molar-refractivity contribution is 0.586. The molecule has 0 aromatic rings. The molecule has 0 heterocycles. The highest BCUT2D eigenvalue weighted by Crippen LogP contribution is 2.37. The Labute approximate surface area is 91.7 Å². The molecule has 0 radical (unpaired) electrons. The number of halogens is 2. The van der Waals surface area contributed by atoms with E-state index in [-0.39, 0.29) is 0 Å². The highest BCUT2D eigenvalue weighted by molar-refractivity contribution is 9.11. The van der Waals surface area contributed by atoms with Crippen molar-refractivity contribution in [3.8, 4) is 0 Å². The van der Waals surface area contributed by atoms with E-state index in [9.17, 15) is 8.42 Å². The lowest BCUT2D eigenvalue weighted by atomic mass is 10.1. The van der Waals surface area contributed by atoms with E-state index >= 15 is 0 Å². The van der Waals surface area contributed by atoms with Gasteiger partial charge in [0.1, 0.15) is 0 Å². The van der Waals surface area contributed by atoms with E-state index in [0.717, 1.165) is 16.3 Å². The monoisotopic (exact) mass is 284 g/mol. The van der Waals surface area contributed by atoms with Crippen LogP contribution in [-0.4, -0.2) is 18.9 Å². The van der Waals surface area contributed by atoms with Gasteiger partial charge in [0.2, 0.25) is 0 Å². The van der Waals surface area contributed by atoms with Gasteiger partial charge in [-0.2, -0.15) is 0 Å². The third kappa shape index (κ3) is 2.17. The molecule has 0 fully saturated rings. The summed E-state index contributed by atoms with van der Waals surface area (Å²) in [7, 11) is -3.26. The summed E-state index contributed by atoms with van der Waals surface area (Å²) in [5.41, 5.74) is 0.947. The molecule has 5 heteroatoms. The van der Waals surface area contributed by atoms with Crippen molar-refractivity contribution in [2.24, 2.45) is 0 Å². The molecule has 0 bridgehead atoms. The minimum atomic E-state index is -3.26. The molecule has 0 aromatic carbocycles. The van der Waals surface area contributed by atoms with E-state index in [1.807, 2.05) is 6.92 Å². The lowest BCUT2D eigenvalue weighted by Gasteiger charge is -2.25. The van der Waals surface area contributed by atoms with Crippen LogP contribution in [0.3, 0.4) is 0 Å². The predicted molar refractivity (Wildman–Crippen MR) is 58.8 cm³/mol. The second kappa shape index (κ2) is 3.41. The lowest BCUT2D eigenvalue weighted by Crippen LogP contribution is -2.31. The fourth-order valence-electron chi connectivity index (χ4n) is 1.10. The first-order chi connectivity index (χ1) is 5.76. The van der Waals surface area contributed by atoms with E-state index in [1.165, 1.54) is 6.08 Å². The zero-order valence-corrected chi connectivity index (χ0v) is 10.5. The van der Waals surface area contributed by atoms with E-state index in [4.69, 9.17) is 11.6 Å². The Kier molecular flexibility index (Phi) is 2.95. The molecule has 0 aromatic heterocycles. The van der Waals surface area contributed by atoms with Gasteiger partial charge in [-0.25, -0.2) is 8.42 Å². The van der Waals surface area contributed by atoms with Gasteiger partial charge in [-0.05, 0) is 19.1 Å². The van der Waals surface area contributed by atoms with E-state index in [1.54, 1.807) is 6.08 Å². The van der Waals surface area contributed by atoms with Gasteiger partial charge in [-0.3, -0.25) is 0 Å². The molecular weight excluding hydrogens is 276 g/mol. The molecule has 0 N–H and O–H groups in total. The summed E-state index contributed by atoms with van der Waals surface area (Å²) in [6.07, 6.45) is 4.69. The van der Waals surface area contributed by atoms with Crippen molar-refractivity contribution in [1.82, 2.24) is 0 Å². The fraction of sp³-hybridized carbons (Fsp3) is 0.500. The second-order valence-corrected chi connectivity index (χ2v) is 7.22. The molecule has 0 aliphatic heterocycles. The molecule has 1 rings (SSSR count). The van der Waals surface area contributed by atoms with Gasteiger partial charge in [0, 0.05) is 17.2 Å². The van der Waals surface area contributed by atoms with E-state index in [2.05, 4.69) is 15.9 Å². The molecule has 1 aliphatic carbocycles. The van der Waals surface area contributed by atoms with Gasteiger partial charge < -0.3 is 0 Å². The molecule has 74 valence electrons. The van der Waals surface area contributed by atoms with Crippen LogP contribution in [0, 0.1) is 0 Å². The Hall–Kier alpha value is 0.200. The molecule has 0 saturated carbocycles. The van der Waals surface area contributed by atoms with Crippen LogP contribution in [0.4, 0.5) is 0 Å². The van der Waals surface area contributed by atoms with E-state index < -0.39 is 14.0 Å². The molecule has 1 unspecified atom stereocenters. The number of alkyl halides is 1. The quantitative estimate of drug-likeness (QED) is 0.694. The average molecular weight is 286 g/mol. The van der Waals surface area contributed by atoms with Crippen molar-refractivity contribution in [2.45, 2.75) is 17.6 Å². The summed E-state index contributed by atoms with van der Waals surface area (Å²) in [6, 6.07) is 0. The van der Waals surface area contributed by atoms with Gasteiger partial charge in [0.15, 0.2) is 14.0 Å². The maximum Gasteiger partial charge on any atom is 0.171 e. The van der Waals surface area contributed by atoms with Crippen molar-refractivity contribution in [3.63, 3.8) is 0 Å². The first-order valence-corrected chi connectivity index (χ1v) is 6.75. The summed E-state index contributed by atoms with van der Waals surface area (Å²) in [6.45, 7) is 1.86. The van der Waals surface area contributed by atoms with Crippen molar-refractivity contribution in [1.29, 1.82) is 0 Å². The van der Waals surface area contributed by atoms with Gasteiger partial charge in [-0.15, -0.1) is 0 Å². The van der Waals surface area contributed by atoms with Gasteiger partial charge in [0.05, 0.1) is 0 Å². The van der Waals surface area contributed by atoms with Crippen LogP contribution in [0.5, 0.6) is 0 Å². The SMILES string of the molecule is CC1=C(Br)C=CC(Cl)(S(C)(=O)=O)C1. The smallest absolute Gasteiger partial charge is 0.171 e. The zero-order chi connectivity index (χ0) is 10.3. The Morgan fingerprint density at radius 3 is 2.54 bits per heavy atom. The summed E-state index contributed by atoms with van der Waals surface area (Å²) in [5, 5.41) is 0. The van der Waals surface area contributed by atoms with Crippen LogP contribution in [0.15, 0.2) is 22.2 Å². The Bertz CT molecular complexity index is 383. The third-order valence-corrected chi connectivity index (χ3v) is 5.56. The normalized spacial score (nSPS) is 29.5. The Morgan fingerprint density at radius 1 is 1.62 bits per heavy atom. The van der Waals surface area contributed by atoms with Crippen molar-refractivity contribution in [2.75, 3.05) is 6.26 Å². The van der Waals surface area contributed by atoms with Crippen molar-refractivity contribution < 1.29 is 8.42 Å². The number of hydrogen-bond acceptors (Lipinski definition) is 2. The number of hydrogen-bond donors (Lipinski definition) is 0. The molecule has 1 aliphatic rings. The summed E-state index contributed by atoms with van der Waals surface area (Å²) < 4.78 is 22.3. The van der Waals surface area contributed by atoms with Gasteiger partial charge in [-0.1, -0.05) is 33.1 Å². The first-order valence-electron chi connectivity index (χ1n) is 3.69. The molecule has 0 spiro atoms. The van der Waals surface area contributed by atoms with Crippen LogP contribution >= 0.6 is 27.5 Å². The minimum absolute atomic E-state index is 0.338. The van der Waals surface area contributed by atoms with Crippen LogP contribution in [-0.2, 0) is 9.84 Å². The highest BCUT2D eigenvalue weighted by Gasteiger charge is 2.38. The molecule has 2 nitrogen and oxygen atoms in total. The van der Waals surface area contributed by atoms with Crippen LogP contribution < -0.4 is 0 Å². The number of sulfone groups is 1. The average Bonchev–Trinajstić information content (AvgIpc) is 1.95. The minimum Gasteiger partial charge on any atom is -0.227 e. The largest absolute Gasteiger partial charge is 0.227 e.